The number of carbonyl (C=O) groups excluding carboxylic acids is 1. The predicted octanol–water partition coefficient (Wildman–Crippen LogP) is 2.57. The molecule has 0 aliphatic carbocycles. The van der Waals surface area contributed by atoms with Crippen LogP contribution < -0.4 is 14.9 Å². The number of H-pyrrole nitrogens is 1. The molecule has 3 aromatic rings. The van der Waals surface area contributed by atoms with Crippen LogP contribution in [0.4, 0.5) is 11.6 Å². The zero-order chi connectivity index (χ0) is 21.8. The molecule has 0 unspecified atom stereocenters. The van der Waals surface area contributed by atoms with E-state index < -0.39 is 4.92 Å². The molecule has 4 rings (SSSR count). The van der Waals surface area contributed by atoms with Gasteiger partial charge in [0.15, 0.2) is 17.3 Å². The number of ether oxygens (including phenoxy) is 2. The second-order valence-electron chi connectivity index (χ2n) is 6.12. The fourth-order valence-electron chi connectivity index (χ4n) is 2.57. The molecule has 0 saturated carbocycles. The van der Waals surface area contributed by atoms with Gasteiger partial charge in [-0.1, -0.05) is 11.8 Å². The van der Waals surface area contributed by atoms with E-state index in [4.69, 9.17) is 9.47 Å². The number of thioether (sulfide) groups is 1. The lowest BCUT2D eigenvalue weighted by atomic mass is 10.1. The predicted molar refractivity (Wildman–Crippen MR) is 110 cm³/mol. The number of non-ortho nitro benzene ring substituents is 1. The Morgan fingerprint density at radius 3 is 3.00 bits per heavy atom. The van der Waals surface area contributed by atoms with E-state index in [-0.39, 0.29) is 41.3 Å². The molecule has 2 aromatic carbocycles. The van der Waals surface area contributed by atoms with Gasteiger partial charge in [-0.2, -0.15) is 10.1 Å². The molecule has 1 aliphatic heterocycles. The number of aromatic nitrogens is 3. The van der Waals surface area contributed by atoms with Crippen LogP contribution in [-0.2, 0) is 0 Å². The van der Waals surface area contributed by atoms with Crippen LogP contribution in [0.15, 0.2) is 46.7 Å². The third-order valence-corrected chi connectivity index (χ3v) is 4.94. The number of phenolic OH excluding ortho intramolecular Hbond substituents is 1. The molecule has 0 radical (unpaired) electrons. The molecule has 0 saturated heterocycles. The van der Waals surface area contributed by atoms with E-state index in [2.05, 4.69) is 25.7 Å². The number of fused-ring (bicyclic) bond motifs is 1. The third kappa shape index (κ3) is 4.72. The summed E-state index contributed by atoms with van der Waals surface area (Å²) in [7, 11) is 0. The molecule has 0 amide bonds. The van der Waals surface area contributed by atoms with Crippen molar-refractivity contribution in [2.45, 2.75) is 5.16 Å². The van der Waals surface area contributed by atoms with Gasteiger partial charge in [0.2, 0.25) is 17.9 Å². The van der Waals surface area contributed by atoms with E-state index >= 15 is 0 Å². The number of nitrogens with zero attached hydrogens (tertiary/aromatic N) is 4. The first-order chi connectivity index (χ1) is 15.0. The van der Waals surface area contributed by atoms with E-state index in [9.17, 15) is 20.0 Å². The minimum atomic E-state index is -0.574. The van der Waals surface area contributed by atoms with Crippen LogP contribution in [0.1, 0.15) is 15.9 Å². The summed E-state index contributed by atoms with van der Waals surface area (Å²) in [6.07, 6.45) is 1.21. The van der Waals surface area contributed by atoms with Crippen LogP contribution >= 0.6 is 11.8 Å². The van der Waals surface area contributed by atoms with Gasteiger partial charge >= 0.3 is 0 Å². The maximum atomic E-state index is 12.4. The van der Waals surface area contributed by atoms with E-state index in [1.165, 1.54) is 24.4 Å². The maximum absolute atomic E-state index is 12.4. The van der Waals surface area contributed by atoms with Gasteiger partial charge in [-0.15, -0.1) is 5.10 Å². The normalized spacial score (nSPS) is 12.3. The largest absolute Gasteiger partial charge is 0.507 e. The Bertz CT molecular complexity index is 1180. The van der Waals surface area contributed by atoms with Crippen molar-refractivity contribution in [3.63, 3.8) is 0 Å². The number of Topliss-reactive ketones (excluding diaryl/α,β-unsaturated/α-hetero) is 1. The Kier molecular flexibility index (Phi) is 5.66. The molecular formula is C18H14N6O6S. The third-order valence-electron chi connectivity index (χ3n) is 4.09. The zero-order valence-corrected chi connectivity index (χ0v) is 16.5. The van der Waals surface area contributed by atoms with Crippen molar-refractivity contribution in [2.24, 2.45) is 5.10 Å². The second-order valence-corrected chi connectivity index (χ2v) is 7.06. The van der Waals surface area contributed by atoms with Gasteiger partial charge in [-0.25, -0.2) is 10.5 Å². The topological polar surface area (TPSA) is 165 Å². The summed E-state index contributed by atoms with van der Waals surface area (Å²) in [6, 6.07) is 8.56. The first kappa shape index (κ1) is 20.2. The molecule has 158 valence electrons. The van der Waals surface area contributed by atoms with Crippen molar-refractivity contribution in [2.75, 3.05) is 18.0 Å². The zero-order valence-electron chi connectivity index (χ0n) is 15.6. The van der Waals surface area contributed by atoms with Crippen LogP contribution in [0.3, 0.4) is 0 Å². The number of anilines is 1. The fourth-order valence-corrected chi connectivity index (χ4v) is 3.26. The standard InChI is InChI=1S/C18H14N6O6S/c25-13-3-2-12(24(27)28)5-11(13)7-19-21-17-20-18(23-22-17)31-8-14(26)10-1-4-15-16(6-10)30-9-29-15/h1-7,25H,8-9H2,(H2,20,21,22,23)/b19-7+. The minimum Gasteiger partial charge on any atom is -0.507 e. The van der Waals surface area contributed by atoms with Crippen molar-refractivity contribution in [1.29, 1.82) is 0 Å². The quantitative estimate of drug-likeness (QED) is 0.155. The number of nitrogens with one attached hydrogen (secondary N) is 2. The molecule has 2 heterocycles. The number of benzene rings is 2. The van der Waals surface area contributed by atoms with Crippen LogP contribution in [-0.4, -0.2) is 49.8 Å². The first-order valence-corrected chi connectivity index (χ1v) is 9.73. The second kappa shape index (κ2) is 8.71. The lowest BCUT2D eigenvalue weighted by Crippen LogP contribution is -2.02. The van der Waals surface area contributed by atoms with E-state index in [1.54, 1.807) is 18.2 Å². The summed E-state index contributed by atoms with van der Waals surface area (Å²) in [5, 5.41) is 31.3. The molecule has 0 atom stereocenters. The van der Waals surface area contributed by atoms with Crippen molar-refractivity contribution in [1.82, 2.24) is 15.2 Å². The Hall–Kier alpha value is -4.13. The Labute approximate surface area is 178 Å². The van der Waals surface area contributed by atoms with Crippen molar-refractivity contribution in [3.05, 3.63) is 57.6 Å². The average Bonchev–Trinajstić information content (AvgIpc) is 3.41. The lowest BCUT2D eigenvalue weighted by Gasteiger charge is -2.01. The number of nitro groups is 1. The summed E-state index contributed by atoms with van der Waals surface area (Å²) in [6.45, 7) is 0.137. The van der Waals surface area contributed by atoms with Crippen molar-refractivity contribution in [3.8, 4) is 17.2 Å². The van der Waals surface area contributed by atoms with E-state index in [0.717, 1.165) is 11.8 Å². The van der Waals surface area contributed by atoms with Gasteiger partial charge < -0.3 is 14.6 Å². The summed E-state index contributed by atoms with van der Waals surface area (Å²) in [5.74, 6) is 1.16. The number of phenols is 1. The Morgan fingerprint density at radius 1 is 1.32 bits per heavy atom. The molecule has 0 fully saturated rings. The SMILES string of the molecule is O=C(CSc1n[nH]c(N/N=C/c2cc([N+](=O)[O-])ccc2O)n1)c1ccc2c(c1)OCO2. The van der Waals surface area contributed by atoms with E-state index in [1.807, 2.05) is 0 Å². The van der Waals surface area contributed by atoms with Crippen molar-refractivity contribution < 1.29 is 24.3 Å². The molecule has 1 aromatic heterocycles. The molecule has 31 heavy (non-hydrogen) atoms. The van der Waals surface area contributed by atoms with Gasteiger partial charge in [0.25, 0.3) is 5.69 Å². The van der Waals surface area contributed by atoms with Crippen LogP contribution in [0, 0.1) is 10.1 Å². The Morgan fingerprint density at radius 2 is 2.16 bits per heavy atom. The average molecular weight is 442 g/mol. The molecule has 12 nitrogen and oxygen atoms in total. The number of hydrogen-bond donors (Lipinski definition) is 3. The summed E-state index contributed by atoms with van der Waals surface area (Å²) in [5.41, 5.74) is 3.04. The number of aromatic amines is 1. The van der Waals surface area contributed by atoms with Crippen LogP contribution in [0.25, 0.3) is 0 Å². The summed E-state index contributed by atoms with van der Waals surface area (Å²) < 4.78 is 10.5. The monoisotopic (exact) mass is 442 g/mol. The number of rotatable bonds is 8. The van der Waals surface area contributed by atoms with Gasteiger partial charge in [0.05, 0.1) is 16.9 Å². The number of ketones is 1. The molecule has 0 bridgehead atoms. The number of aromatic hydroxyl groups is 1. The number of nitro benzene ring substituents is 1. The number of hydrazone groups is 1. The smallest absolute Gasteiger partial charge is 0.270 e. The maximum Gasteiger partial charge on any atom is 0.270 e. The van der Waals surface area contributed by atoms with Gasteiger partial charge in [-0.3, -0.25) is 14.9 Å². The number of carbonyl (C=O) groups is 1. The summed E-state index contributed by atoms with van der Waals surface area (Å²) in [4.78, 5) is 26.7. The first-order valence-electron chi connectivity index (χ1n) is 8.74. The molecule has 3 N–H and O–H groups in total. The molecule has 0 spiro atoms. The highest BCUT2D eigenvalue weighted by Gasteiger charge is 2.17. The van der Waals surface area contributed by atoms with Crippen molar-refractivity contribution >= 4 is 35.4 Å². The highest BCUT2D eigenvalue weighted by molar-refractivity contribution is 7.99. The highest BCUT2D eigenvalue weighted by Crippen LogP contribution is 2.33. The Balaban J connectivity index is 1.32. The molecule has 13 heteroatoms. The number of hydrogen-bond acceptors (Lipinski definition) is 11. The van der Waals surface area contributed by atoms with Crippen LogP contribution in [0.5, 0.6) is 17.2 Å². The van der Waals surface area contributed by atoms with Gasteiger partial charge in [0, 0.05) is 23.3 Å². The summed E-state index contributed by atoms with van der Waals surface area (Å²) >= 11 is 1.13. The highest BCUT2D eigenvalue weighted by atomic mass is 32.2. The molecule has 1 aliphatic rings. The molecular weight excluding hydrogens is 428 g/mol. The van der Waals surface area contributed by atoms with Crippen LogP contribution in [0.2, 0.25) is 0 Å². The van der Waals surface area contributed by atoms with Gasteiger partial charge in [0.1, 0.15) is 5.75 Å². The fraction of sp³-hybridized carbons (Fsp3) is 0.111. The minimum absolute atomic E-state index is 0.113. The van der Waals surface area contributed by atoms with Gasteiger partial charge in [-0.05, 0) is 24.3 Å². The van der Waals surface area contributed by atoms with E-state index in [0.29, 0.717) is 22.2 Å². The lowest BCUT2D eigenvalue weighted by molar-refractivity contribution is -0.384.